The van der Waals surface area contributed by atoms with Gasteiger partial charge in [0.05, 0.1) is 54.2 Å². The van der Waals surface area contributed by atoms with E-state index in [1.54, 1.807) is 0 Å². The molecule has 1 unspecified atom stereocenters. The van der Waals surface area contributed by atoms with Gasteiger partial charge in [-0.15, -0.1) is 0 Å². The summed E-state index contributed by atoms with van der Waals surface area (Å²) in [6.07, 6.45) is -14.2. The topological polar surface area (TPSA) is 36.9 Å². The molecular weight excluding hydrogens is 901 g/mol. The molecule has 0 aliphatic heterocycles. The normalized spacial score (nSPS) is 16.2. The maximum absolute atomic E-state index is 14.2. The molecule has 0 amide bonds. The molecule has 0 aliphatic rings. The van der Waals surface area contributed by atoms with E-state index in [2.05, 4.69) is 0 Å². The maximum atomic E-state index is 14.2. The lowest BCUT2D eigenvalue weighted by molar-refractivity contribution is -0.870. The second-order valence-electron chi connectivity index (χ2n) is 13.7. The minimum absolute atomic E-state index is 0.0115. The van der Waals surface area contributed by atoms with Crippen LogP contribution in [-0.2, 0) is 18.9 Å². The van der Waals surface area contributed by atoms with Gasteiger partial charge in [-0.05, 0) is 12.8 Å². The molecule has 0 saturated heterocycles. The molecule has 0 radical (unpaired) electrons. The van der Waals surface area contributed by atoms with Crippen LogP contribution >= 0.6 is 0 Å². The molecule has 0 aliphatic carbocycles. The summed E-state index contributed by atoms with van der Waals surface area (Å²) >= 11 is 0. The third kappa shape index (κ3) is 11.0. The van der Waals surface area contributed by atoms with Crippen molar-refractivity contribution in [2.45, 2.75) is 110 Å². The SMILES string of the molecule is COC(COCCCCCCC(F)(F)C(F)(F)C(F)(F)C(F)(F)C(F)(F)C(F)(F)C(F)(F)C(F)(F)C(F)(F)C(F)(F)C(F)(F)C(F)(F)F)COCCOCC[N+](C)(C)C. The molecule has 59 heavy (non-hydrogen) atoms. The highest BCUT2D eigenvalue weighted by atomic mass is 19.4. The number of alkyl halides is 25. The Morgan fingerprint density at radius 2 is 0.695 bits per heavy atom. The highest BCUT2D eigenvalue weighted by molar-refractivity contribution is 5.19. The first-order chi connectivity index (χ1) is 25.9. The Hall–Kier alpha value is -1.95. The first-order valence-electron chi connectivity index (χ1n) is 16.2. The summed E-state index contributed by atoms with van der Waals surface area (Å²) in [5.74, 6) is -98.1. The van der Waals surface area contributed by atoms with Gasteiger partial charge in [-0.1, -0.05) is 12.8 Å². The third-order valence-electron chi connectivity index (χ3n) is 8.11. The number of hydrogen-bond acceptors (Lipinski definition) is 4. The molecule has 0 rings (SSSR count). The van der Waals surface area contributed by atoms with Crippen LogP contribution in [0.1, 0.15) is 32.1 Å². The molecule has 30 heteroatoms. The standard InChI is InChI=1S/C29H37F25NO4/c1-55(2,3)10-12-57-13-14-59-16-17(56-4)15-58-11-8-6-5-7-9-18(30,31)19(32,33)20(34,35)21(36,37)22(38,39)23(40,41)24(42,43)25(44,45)26(46,47)27(48,49)28(50,51)29(52,53)54/h17H,5-16H2,1-4H3/q+1. The van der Waals surface area contributed by atoms with E-state index in [1.807, 2.05) is 21.1 Å². The minimum atomic E-state index is -9.60. The second kappa shape index (κ2) is 18.8. The Balaban J connectivity index is 5.76. The van der Waals surface area contributed by atoms with Gasteiger partial charge in [0.15, 0.2) is 0 Å². The van der Waals surface area contributed by atoms with Gasteiger partial charge in [0.2, 0.25) is 0 Å². The fraction of sp³-hybridized carbons (Fsp3) is 1.00. The van der Waals surface area contributed by atoms with Gasteiger partial charge in [-0.3, -0.25) is 0 Å². The number of quaternary nitrogens is 1. The van der Waals surface area contributed by atoms with E-state index < -0.39 is 96.7 Å². The summed E-state index contributed by atoms with van der Waals surface area (Å²) in [4.78, 5) is 0. The van der Waals surface area contributed by atoms with Crippen LogP contribution in [0.25, 0.3) is 0 Å². The molecule has 5 nitrogen and oxygen atoms in total. The van der Waals surface area contributed by atoms with Crippen molar-refractivity contribution in [3.05, 3.63) is 0 Å². The van der Waals surface area contributed by atoms with Crippen LogP contribution in [0, 0.1) is 0 Å². The number of hydrogen-bond donors (Lipinski definition) is 0. The minimum Gasteiger partial charge on any atom is -0.379 e. The number of methoxy groups -OCH3 is 1. The summed E-state index contributed by atoms with van der Waals surface area (Å²) in [6, 6.07) is 0. The Morgan fingerprint density at radius 3 is 1.05 bits per heavy atom. The molecule has 0 aromatic carbocycles. The second-order valence-corrected chi connectivity index (χ2v) is 13.7. The number of halogens is 25. The van der Waals surface area contributed by atoms with Crippen LogP contribution in [0.5, 0.6) is 0 Å². The van der Waals surface area contributed by atoms with Crippen molar-refractivity contribution < 1.29 is 133 Å². The molecule has 0 saturated carbocycles. The van der Waals surface area contributed by atoms with Crippen molar-refractivity contribution in [1.82, 2.24) is 0 Å². The highest BCUT2D eigenvalue weighted by Crippen LogP contribution is 2.68. The number of nitrogens with zero attached hydrogens (tertiary/aromatic N) is 1. The van der Waals surface area contributed by atoms with Gasteiger partial charge in [-0.2, -0.15) is 110 Å². The lowest BCUT2D eigenvalue weighted by Gasteiger charge is -2.45. The van der Waals surface area contributed by atoms with Gasteiger partial charge in [0, 0.05) is 20.1 Å². The Morgan fingerprint density at radius 1 is 0.373 bits per heavy atom. The number of likely N-dealkylation sites (N-methyl/N-ethyl adjacent to an activating group) is 1. The number of unbranched alkanes of at least 4 members (excludes halogenated alkanes) is 3. The van der Waals surface area contributed by atoms with E-state index in [4.69, 9.17) is 18.9 Å². The van der Waals surface area contributed by atoms with Crippen molar-refractivity contribution in [2.75, 3.05) is 74.4 Å². The van der Waals surface area contributed by atoms with E-state index in [9.17, 15) is 110 Å². The fourth-order valence-electron chi connectivity index (χ4n) is 4.22. The molecule has 0 aromatic rings. The average molecular weight is 939 g/mol. The van der Waals surface area contributed by atoms with Crippen LogP contribution < -0.4 is 0 Å². The molecule has 356 valence electrons. The van der Waals surface area contributed by atoms with Gasteiger partial charge in [0.25, 0.3) is 0 Å². The molecule has 0 spiro atoms. The Bertz CT molecular complexity index is 1300. The summed E-state index contributed by atoms with van der Waals surface area (Å²) in [7, 11) is 7.06. The molecular formula is C29H37F25NO4+. The van der Waals surface area contributed by atoms with Gasteiger partial charge in [0.1, 0.15) is 12.6 Å². The molecule has 0 aromatic heterocycles. The predicted octanol–water partition coefficient (Wildman–Crippen LogP) is 10.3. The molecule has 0 heterocycles. The lowest BCUT2D eigenvalue weighted by atomic mass is 9.84. The lowest BCUT2D eigenvalue weighted by Crippen LogP contribution is -2.78. The van der Waals surface area contributed by atoms with Gasteiger partial charge >= 0.3 is 71.3 Å². The summed E-state index contributed by atoms with van der Waals surface area (Å²) in [5.41, 5.74) is 0. The van der Waals surface area contributed by atoms with Crippen molar-refractivity contribution in [2.24, 2.45) is 0 Å². The van der Waals surface area contributed by atoms with Crippen molar-refractivity contribution in [3.63, 3.8) is 0 Å². The number of ether oxygens (including phenoxy) is 4. The highest BCUT2D eigenvalue weighted by Gasteiger charge is 2.99. The van der Waals surface area contributed by atoms with E-state index in [-0.39, 0.29) is 45.9 Å². The molecule has 0 bridgehead atoms. The Labute approximate surface area is 318 Å². The summed E-state index contributed by atoms with van der Waals surface area (Å²) in [6.45, 7) is 1.13. The quantitative estimate of drug-likeness (QED) is 0.0445. The maximum Gasteiger partial charge on any atom is 0.460 e. The summed E-state index contributed by atoms with van der Waals surface area (Å²) < 4.78 is 362. The predicted molar refractivity (Wildman–Crippen MR) is 150 cm³/mol. The monoisotopic (exact) mass is 938 g/mol. The average Bonchev–Trinajstić information content (AvgIpc) is 3.05. The molecule has 1 atom stereocenters. The number of rotatable bonds is 28. The smallest absolute Gasteiger partial charge is 0.379 e. The van der Waals surface area contributed by atoms with Crippen molar-refractivity contribution in [1.29, 1.82) is 0 Å². The van der Waals surface area contributed by atoms with E-state index in [0.29, 0.717) is 17.6 Å². The largest absolute Gasteiger partial charge is 0.460 e. The van der Waals surface area contributed by atoms with Crippen molar-refractivity contribution in [3.8, 4) is 0 Å². The Kier molecular flexibility index (Phi) is 18.2. The first kappa shape index (κ1) is 57.1. The third-order valence-corrected chi connectivity index (χ3v) is 8.11. The van der Waals surface area contributed by atoms with Crippen LogP contribution in [0.15, 0.2) is 0 Å². The first-order valence-corrected chi connectivity index (χ1v) is 16.2. The van der Waals surface area contributed by atoms with Crippen LogP contribution in [0.4, 0.5) is 110 Å². The zero-order valence-electron chi connectivity index (χ0n) is 30.6. The van der Waals surface area contributed by atoms with E-state index >= 15 is 0 Å². The zero-order valence-corrected chi connectivity index (χ0v) is 30.6. The van der Waals surface area contributed by atoms with Gasteiger partial charge in [-0.25, -0.2) is 0 Å². The van der Waals surface area contributed by atoms with E-state index in [0.717, 1.165) is 0 Å². The summed E-state index contributed by atoms with van der Waals surface area (Å²) in [5, 5.41) is 0. The van der Waals surface area contributed by atoms with Crippen LogP contribution in [0.3, 0.4) is 0 Å². The van der Waals surface area contributed by atoms with Crippen LogP contribution in [0.2, 0.25) is 0 Å². The molecule has 0 N–H and O–H groups in total. The van der Waals surface area contributed by atoms with E-state index in [1.165, 1.54) is 7.11 Å². The van der Waals surface area contributed by atoms with Crippen molar-refractivity contribution >= 4 is 0 Å². The fourth-order valence-corrected chi connectivity index (χ4v) is 4.22. The van der Waals surface area contributed by atoms with Crippen LogP contribution in [-0.4, -0.2) is 156 Å². The van der Waals surface area contributed by atoms with Gasteiger partial charge < -0.3 is 23.4 Å². The molecule has 0 fully saturated rings. The zero-order chi connectivity index (χ0) is 47.4.